The summed E-state index contributed by atoms with van der Waals surface area (Å²) >= 11 is 0. The largest absolute Gasteiger partial charge is 0.399 e. The van der Waals surface area contributed by atoms with Crippen molar-refractivity contribution in [1.29, 1.82) is 0 Å². The number of nitrogen functional groups attached to an aromatic ring is 1. The second-order valence-corrected chi connectivity index (χ2v) is 8.25. The quantitative estimate of drug-likeness (QED) is 0.402. The molecule has 1 fully saturated rings. The first-order valence-corrected chi connectivity index (χ1v) is 11.2. The molecule has 1 unspecified atom stereocenters. The van der Waals surface area contributed by atoms with E-state index in [0.29, 0.717) is 36.3 Å². The summed E-state index contributed by atoms with van der Waals surface area (Å²) in [5, 5.41) is 6.91. The number of anilines is 2. The predicted molar refractivity (Wildman–Crippen MR) is 134 cm³/mol. The highest BCUT2D eigenvalue weighted by molar-refractivity contribution is 6.01. The number of oxime groups is 1. The van der Waals surface area contributed by atoms with Gasteiger partial charge in [0, 0.05) is 24.4 Å². The molecular weight excluding hydrogens is 428 g/mol. The summed E-state index contributed by atoms with van der Waals surface area (Å²) in [6, 6.07) is 24.6. The number of nitrogens with one attached hydrogen (secondary N) is 1. The molecule has 0 radical (unpaired) electrons. The summed E-state index contributed by atoms with van der Waals surface area (Å²) in [6.45, 7) is 0.380. The molecule has 1 saturated heterocycles. The van der Waals surface area contributed by atoms with E-state index in [1.165, 1.54) is 7.11 Å². The molecule has 3 aromatic rings. The highest BCUT2D eigenvalue weighted by atomic mass is 16.6. The number of carbonyl (C=O) groups is 2. The van der Waals surface area contributed by atoms with Gasteiger partial charge in [-0.15, -0.1) is 0 Å². The summed E-state index contributed by atoms with van der Waals surface area (Å²) in [4.78, 5) is 32.6. The van der Waals surface area contributed by atoms with Gasteiger partial charge in [-0.25, -0.2) is 0 Å². The highest BCUT2D eigenvalue weighted by Crippen LogP contribution is 2.25. The van der Waals surface area contributed by atoms with Gasteiger partial charge >= 0.3 is 0 Å². The fourth-order valence-electron chi connectivity index (χ4n) is 4.19. The Balaban J connectivity index is 1.44. The maximum Gasteiger partial charge on any atom is 0.254 e. The maximum atomic E-state index is 13.3. The van der Waals surface area contributed by atoms with Crippen LogP contribution in [0, 0.1) is 0 Å². The van der Waals surface area contributed by atoms with E-state index >= 15 is 0 Å². The minimum atomic E-state index is -0.144. The Bertz CT molecular complexity index is 1180. The summed E-state index contributed by atoms with van der Waals surface area (Å²) < 4.78 is 0. The third-order valence-electron chi connectivity index (χ3n) is 5.92. The van der Waals surface area contributed by atoms with E-state index in [4.69, 9.17) is 10.6 Å². The first-order chi connectivity index (χ1) is 16.5. The Morgan fingerprint density at radius 3 is 2.38 bits per heavy atom. The molecular formula is C27H28N4O3. The van der Waals surface area contributed by atoms with Gasteiger partial charge in [-0.05, 0) is 41.8 Å². The minimum Gasteiger partial charge on any atom is -0.399 e. The second-order valence-electron chi connectivity index (χ2n) is 8.25. The third kappa shape index (κ3) is 5.43. The van der Waals surface area contributed by atoms with Crippen LogP contribution in [-0.2, 0) is 9.63 Å². The first kappa shape index (κ1) is 23.0. The Morgan fingerprint density at radius 2 is 1.68 bits per heavy atom. The van der Waals surface area contributed by atoms with Gasteiger partial charge in [0.1, 0.15) is 7.11 Å². The number of nitrogens with zero attached hydrogens (tertiary/aromatic N) is 2. The van der Waals surface area contributed by atoms with Crippen LogP contribution in [-0.4, -0.2) is 42.1 Å². The van der Waals surface area contributed by atoms with Crippen LogP contribution >= 0.6 is 0 Å². The molecule has 2 amide bonds. The van der Waals surface area contributed by atoms with Crippen LogP contribution in [0.4, 0.5) is 11.4 Å². The smallest absolute Gasteiger partial charge is 0.254 e. The number of likely N-dealkylation sites (tertiary alicyclic amines) is 1. The number of hydrogen-bond acceptors (Lipinski definition) is 5. The average Bonchev–Trinajstić information content (AvgIpc) is 3.27. The number of nitrogens with two attached hydrogens (primary N) is 1. The van der Waals surface area contributed by atoms with Crippen molar-refractivity contribution in [2.24, 2.45) is 5.16 Å². The lowest BCUT2D eigenvalue weighted by molar-refractivity contribution is -0.116. The number of hydrogen-bond donors (Lipinski definition) is 2. The maximum absolute atomic E-state index is 13.3. The monoisotopic (exact) mass is 456 g/mol. The van der Waals surface area contributed by atoms with E-state index in [1.807, 2.05) is 66.7 Å². The molecule has 0 aliphatic carbocycles. The molecule has 174 valence electrons. The zero-order valence-corrected chi connectivity index (χ0v) is 19.1. The van der Waals surface area contributed by atoms with Crippen molar-refractivity contribution in [1.82, 2.24) is 4.90 Å². The SMILES string of the molecule is CO/N=C1\CC(CCC(=O)Nc2ccccc2N)N(C(=O)c2ccc(-c3ccccc3)cc2)C1. The van der Waals surface area contributed by atoms with Crippen molar-refractivity contribution in [2.75, 3.05) is 24.7 Å². The molecule has 3 N–H and O–H groups in total. The molecule has 1 atom stereocenters. The lowest BCUT2D eigenvalue weighted by atomic mass is 10.0. The molecule has 34 heavy (non-hydrogen) atoms. The third-order valence-corrected chi connectivity index (χ3v) is 5.92. The number of benzene rings is 3. The molecule has 7 nitrogen and oxygen atoms in total. The number of rotatable bonds is 7. The van der Waals surface area contributed by atoms with E-state index in [2.05, 4.69) is 10.5 Å². The summed E-state index contributed by atoms with van der Waals surface area (Å²) in [5.74, 6) is -0.228. The molecule has 0 spiro atoms. The average molecular weight is 457 g/mol. The second kappa shape index (κ2) is 10.7. The lowest BCUT2D eigenvalue weighted by Gasteiger charge is -2.24. The van der Waals surface area contributed by atoms with Crippen LogP contribution < -0.4 is 11.1 Å². The van der Waals surface area contributed by atoms with Crippen molar-refractivity contribution in [2.45, 2.75) is 25.3 Å². The number of carbonyl (C=O) groups excluding carboxylic acids is 2. The molecule has 1 heterocycles. The molecule has 1 aliphatic heterocycles. The van der Waals surface area contributed by atoms with Crippen LogP contribution in [0.25, 0.3) is 11.1 Å². The van der Waals surface area contributed by atoms with Gasteiger partial charge in [0.2, 0.25) is 5.91 Å². The Kier molecular flexibility index (Phi) is 7.22. The number of amides is 2. The molecule has 3 aromatic carbocycles. The van der Waals surface area contributed by atoms with E-state index in [0.717, 1.165) is 16.8 Å². The Labute approximate surface area is 199 Å². The topological polar surface area (TPSA) is 97.0 Å². The van der Waals surface area contributed by atoms with Crippen LogP contribution in [0.2, 0.25) is 0 Å². The van der Waals surface area contributed by atoms with Gasteiger partial charge in [0.25, 0.3) is 5.91 Å². The standard InChI is InChI=1S/C27H28N4O3/c1-34-30-22-17-23(15-16-26(32)29-25-10-6-5-9-24(25)28)31(18-22)27(33)21-13-11-20(12-14-21)19-7-3-2-4-8-19/h2-14,23H,15-18,28H2,1H3,(H,29,32)/b30-22+. The molecule has 1 aliphatic rings. The van der Waals surface area contributed by atoms with Gasteiger partial charge in [-0.3, -0.25) is 9.59 Å². The van der Waals surface area contributed by atoms with Gasteiger partial charge in [0.05, 0.1) is 23.6 Å². The summed E-state index contributed by atoms with van der Waals surface area (Å²) in [6.07, 6.45) is 1.34. The zero-order chi connectivity index (χ0) is 23.9. The lowest BCUT2D eigenvalue weighted by Crippen LogP contribution is -2.36. The normalized spacial score (nSPS) is 16.4. The predicted octanol–water partition coefficient (Wildman–Crippen LogP) is 4.57. The van der Waals surface area contributed by atoms with Crippen LogP contribution in [0.15, 0.2) is 84.0 Å². The molecule has 0 bridgehead atoms. The molecule has 0 saturated carbocycles. The van der Waals surface area contributed by atoms with E-state index in [-0.39, 0.29) is 24.3 Å². The van der Waals surface area contributed by atoms with E-state index in [9.17, 15) is 9.59 Å². The van der Waals surface area contributed by atoms with Crippen LogP contribution in [0.1, 0.15) is 29.6 Å². The van der Waals surface area contributed by atoms with Crippen molar-refractivity contribution in [3.8, 4) is 11.1 Å². The molecule has 0 aromatic heterocycles. The Hall–Kier alpha value is -4.13. The fourth-order valence-corrected chi connectivity index (χ4v) is 4.19. The first-order valence-electron chi connectivity index (χ1n) is 11.2. The molecule has 4 rings (SSSR count). The van der Waals surface area contributed by atoms with Crippen molar-refractivity contribution >= 4 is 28.9 Å². The fraction of sp³-hybridized carbons (Fsp3) is 0.222. The Morgan fingerprint density at radius 1 is 1.00 bits per heavy atom. The van der Waals surface area contributed by atoms with E-state index in [1.54, 1.807) is 17.0 Å². The van der Waals surface area contributed by atoms with Crippen molar-refractivity contribution < 1.29 is 14.4 Å². The van der Waals surface area contributed by atoms with Gasteiger partial charge in [-0.1, -0.05) is 59.8 Å². The van der Waals surface area contributed by atoms with Crippen LogP contribution in [0.5, 0.6) is 0 Å². The zero-order valence-electron chi connectivity index (χ0n) is 19.1. The van der Waals surface area contributed by atoms with Crippen molar-refractivity contribution in [3.63, 3.8) is 0 Å². The van der Waals surface area contributed by atoms with Crippen molar-refractivity contribution in [3.05, 3.63) is 84.4 Å². The van der Waals surface area contributed by atoms with Crippen LogP contribution in [0.3, 0.4) is 0 Å². The van der Waals surface area contributed by atoms with Gasteiger partial charge in [0.15, 0.2) is 0 Å². The van der Waals surface area contributed by atoms with Gasteiger partial charge < -0.3 is 20.8 Å². The number of para-hydroxylation sites is 2. The van der Waals surface area contributed by atoms with Gasteiger partial charge in [-0.2, -0.15) is 0 Å². The molecule has 7 heteroatoms. The summed E-state index contributed by atoms with van der Waals surface area (Å²) in [7, 11) is 1.49. The highest BCUT2D eigenvalue weighted by Gasteiger charge is 2.34. The minimum absolute atomic E-state index is 0.0846. The summed E-state index contributed by atoms with van der Waals surface area (Å²) in [5.41, 5.74) is 10.6. The van der Waals surface area contributed by atoms with E-state index < -0.39 is 0 Å².